The van der Waals surface area contributed by atoms with Gasteiger partial charge in [0.15, 0.2) is 0 Å². The lowest BCUT2D eigenvalue weighted by atomic mass is 10.0. The first-order valence-corrected chi connectivity index (χ1v) is 5.99. The summed E-state index contributed by atoms with van der Waals surface area (Å²) in [5, 5.41) is 0.426. The van der Waals surface area contributed by atoms with E-state index in [0.29, 0.717) is 10.6 Å². The highest BCUT2D eigenvalue weighted by atomic mass is 35.5. The van der Waals surface area contributed by atoms with E-state index >= 15 is 0 Å². The lowest BCUT2D eigenvalue weighted by molar-refractivity contribution is 0.0601. The van der Waals surface area contributed by atoms with Gasteiger partial charge in [-0.1, -0.05) is 48.0 Å². The summed E-state index contributed by atoms with van der Waals surface area (Å²) in [6.07, 6.45) is 0.794. The molecule has 0 atom stereocenters. The van der Waals surface area contributed by atoms with Gasteiger partial charge in [0, 0.05) is 0 Å². The molecule has 2 aromatic rings. The number of carbonyl (C=O) groups is 1. The molecule has 0 aliphatic heterocycles. The van der Waals surface area contributed by atoms with E-state index in [-0.39, 0.29) is 0 Å². The minimum atomic E-state index is -0.411. The van der Waals surface area contributed by atoms with E-state index in [2.05, 4.69) is 16.9 Å². The van der Waals surface area contributed by atoms with E-state index in [0.717, 1.165) is 12.0 Å². The fourth-order valence-corrected chi connectivity index (χ4v) is 2.06. The van der Waals surface area contributed by atoms with Gasteiger partial charge < -0.3 is 4.74 Å². The number of hydrogen-bond donors (Lipinski definition) is 0. The Bertz CT molecular complexity index is 550. The van der Waals surface area contributed by atoms with Crippen molar-refractivity contribution < 1.29 is 9.53 Å². The second kappa shape index (κ2) is 5.69. The van der Waals surface area contributed by atoms with Crippen molar-refractivity contribution in [2.75, 3.05) is 7.11 Å². The van der Waals surface area contributed by atoms with Crippen LogP contribution in [-0.2, 0) is 11.2 Å². The highest BCUT2D eigenvalue weighted by molar-refractivity contribution is 6.33. The topological polar surface area (TPSA) is 26.3 Å². The molecular weight excluding hydrogens is 248 g/mol. The first-order chi connectivity index (χ1) is 8.70. The molecule has 2 rings (SSSR count). The number of ether oxygens (including phenoxy) is 1. The van der Waals surface area contributed by atoms with Crippen LogP contribution >= 0.6 is 11.6 Å². The molecule has 0 unspecified atom stereocenters. The van der Waals surface area contributed by atoms with Gasteiger partial charge in [-0.05, 0) is 29.7 Å². The third-order valence-electron chi connectivity index (χ3n) is 2.69. The molecule has 0 radical (unpaired) electrons. The van der Waals surface area contributed by atoms with Crippen molar-refractivity contribution >= 4 is 17.6 Å². The summed E-state index contributed by atoms with van der Waals surface area (Å²) >= 11 is 6.07. The molecule has 0 fully saturated rings. The monoisotopic (exact) mass is 260 g/mol. The Labute approximate surface area is 111 Å². The SMILES string of the molecule is COC(=O)c1ccc(Cc2ccccc2)cc1Cl. The number of halogens is 1. The first-order valence-electron chi connectivity index (χ1n) is 5.61. The zero-order valence-corrected chi connectivity index (χ0v) is 10.8. The Morgan fingerprint density at radius 2 is 1.83 bits per heavy atom. The van der Waals surface area contributed by atoms with Crippen molar-refractivity contribution in [1.82, 2.24) is 0 Å². The van der Waals surface area contributed by atoms with Crippen molar-refractivity contribution in [1.29, 1.82) is 0 Å². The van der Waals surface area contributed by atoms with Gasteiger partial charge in [0.2, 0.25) is 0 Å². The van der Waals surface area contributed by atoms with Crippen LogP contribution < -0.4 is 0 Å². The average Bonchev–Trinajstić information content (AvgIpc) is 2.39. The second-order valence-electron chi connectivity index (χ2n) is 3.97. The summed E-state index contributed by atoms with van der Waals surface area (Å²) in [4.78, 5) is 11.4. The summed E-state index contributed by atoms with van der Waals surface area (Å²) in [6.45, 7) is 0. The minimum absolute atomic E-state index is 0.399. The van der Waals surface area contributed by atoms with E-state index in [1.807, 2.05) is 24.3 Å². The molecule has 3 heteroatoms. The molecule has 0 bridgehead atoms. The molecule has 2 nitrogen and oxygen atoms in total. The van der Waals surface area contributed by atoms with Crippen molar-refractivity contribution in [3.63, 3.8) is 0 Å². The zero-order valence-electron chi connectivity index (χ0n) is 10.0. The first kappa shape index (κ1) is 12.7. The van der Waals surface area contributed by atoms with Crippen LogP contribution in [0.3, 0.4) is 0 Å². The summed E-state index contributed by atoms with van der Waals surface area (Å²) in [5.41, 5.74) is 2.68. The van der Waals surface area contributed by atoms with Crippen molar-refractivity contribution in [2.24, 2.45) is 0 Å². The van der Waals surface area contributed by atoms with Gasteiger partial charge in [-0.15, -0.1) is 0 Å². The molecule has 0 heterocycles. The van der Waals surface area contributed by atoms with Gasteiger partial charge in [0.1, 0.15) is 0 Å². The van der Waals surface area contributed by atoms with E-state index in [1.54, 1.807) is 12.1 Å². The maximum atomic E-state index is 11.4. The molecule has 0 aromatic heterocycles. The molecule has 0 amide bonds. The average molecular weight is 261 g/mol. The third-order valence-corrected chi connectivity index (χ3v) is 3.00. The fraction of sp³-hybridized carbons (Fsp3) is 0.133. The van der Waals surface area contributed by atoms with Gasteiger partial charge >= 0.3 is 5.97 Å². The number of benzene rings is 2. The predicted molar refractivity (Wildman–Crippen MR) is 72.0 cm³/mol. The van der Waals surface area contributed by atoms with Crippen LogP contribution in [0.1, 0.15) is 21.5 Å². The fourth-order valence-electron chi connectivity index (χ4n) is 1.78. The maximum absolute atomic E-state index is 11.4. The summed E-state index contributed by atoms with van der Waals surface area (Å²) in [7, 11) is 1.34. The van der Waals surface area contributed by atoms with Crippen LogP contribution in [0, 0.1) is 0 Å². The van der Waals surface area contributed by atoms with Crippen molar-refractivity contribution in [3.05, 3.63) is 70.2 Å². The minimum Gasteiger partial charge on any atom is -0.465 e. The van der Waals surface area contributed by atoms with Crippen LogP contribution in [0.2, 0.25) is 5.02 Å². The molecule has 0 saturated heterocycles. The number of hydrogen-bond acceptors (Lipinski definition) is 2. The molecule has 0 aliphatic rings. The molecule has 92 valence electrons. The van der Waals surface area contributed by atoms with Crippen LogP contribution in [0.5, 0.6) is 0 Å². The van der Waals surface area contributed by atoms with Gasteiger partial charge in [-0.25, -0.2) is 4.79 Å². The summed E-state index contributed by atoms with van der Waals surface area (Å²) in [5.74, 6) is -0.411. The van der Waals surface area contributed by atoms with E-state index < -0.39 is 5.97 Å². The lowest BCUT2D eigenvalue weighted by Crippen LogP contribution is -2.02. The van der Waals surface area contributed by atoms with Gasteiger partial charge in [-0.3, -0.25) is 0 Å². The molecule has 0 spiro atoms. The number of carbonyl (C=O) groups excluding carboxylic acids is 1. The third kappa shape index (κ3) is 2.90. The van der Waals surface area contributed by atoms with Crippen LogP contribution in [0.4, 0.5) is 0 Å². The van der Waals surface area contributed by atoms with Crippen molar-refractivity contribution in [2.45, 2.75) is 6.42 Å². The van der Waals surface area contributed by atoms with Gasteiger partial charge in [-0.2, -0.15) is 0 Å². The van der Waals surface area contributed by atoms with Crippen LogP contribution in [0.25, 0.3) is 0 Å². The molecule has 18 heavy (non-hydrogen) atoms. The lowest BCUT2D eigenvalue weighted by Gasteiger charge is -2.06. The smallest absolute Gasteiger partial charge is 0.339 e. The van der Waals surface area contributed by atoms with Gasteiger partial charge in [0.25, 0.3) is 0 Å². The predicted octanol–water partition coefficient (Wildman–Crippen LogP) is 3.72. The molecule has 2 aromatic carbocycles. The normalized spacial score (nSPS) is 10.1. The van der Waals surface area contributed by atoms with Crippen molar-refractivity contribution in [3.8, 4) is 0 Å². The Hall–Kier alpha value is -1.80. The van der Waals surface area contributed by atoms with E-state index in [4.69, 9.17) is 11.6 Å². The number of rotatable bonds is 3. The molecule has 0 saturated carbocycles. The Kier molecular flexibility index (Phi) is 4.00. The Morgan fingerprint density at radius 1 is 1.11 bits per heavy atom. The summed E-state index contributed by atoms with van der Waals surface area (Å²) in [6, 6.07) is 15.5. The summed E-state index contributed by atoms with van der Waals surface area (Å²) < 4.78 is 4.65. The second-order valence-corrected chi connectivity index (χ2v) is 4.38. The maximum Gasteiger partial charge on any atom is 0.339 e. The molecular formula is C15H13ClO2. The number of esters is 1. The quantitative estimate of drug-likeness (QED) is 0.787. The highest BCUT2D eigenvalue weighted by Crippen LogP contribution is 2.20. The van der Waals surface area contributed by atoms with Crippen LogP contribution in [-0.4, -0.2) is 13.1 Å². The standard InChI is InChI=1S/C15H13ClO2/c1-18-15(17)13-8-7-12(10-14(13)16)9-11-5-3-2-4-6-11/h2-8,10H,9H2,1H3. The van der Waals surface area contributed by atoms with E-state index in [1.165, 1.54) is 12.7 Å². The molecule has 0 N–H and O–H groups in total. The van der Waals surface area contributed by atoms with Crippen LogP contribution in [0.15, 0.2) is 48.5 Å². The number of methoxy groups -OCH3 is 1. The van der Waals surface area contributed by atoms with E-state index in [9.17, 15) is 4.79 Å². The molecule has 0 aliphatic carbocycles. The zero-order chi connectivity index (χ0) is 13.0. The van der Waals surface area contributed by atoms with Gasteiger partial charge in [0.05, 0.1) is 17.7 Å². The Balaban J connectivity index is 2.22. The largest absolute Gasteiger partial charge is 0.465 e. The Morgan fingerprint density at radius 3 is 2.44 bits per heavy atom. The highest BCUT2D eigenvalue weighted by Gasteiger charge is 2.10.